The molecule has 1 aliphatic heterocycles. The molecule has 0 unspecified atom stereocenters. The van der Waals surface area contributed by atoms with Crippen molar-refractivity contribution >= 4 is 52.5 Å². The van der Waals surface area contributed by atoms with Gasteiger partial charge in [0.2, 0.25) is 0 Å². The summed E-state index contributed by atoms with van der Waals surface area (Å²) >= 11 is 11.4. The molecule has 3 rings (SSSR count). The number of hydrogen-bond acceptors (Lipinski definition) is 4. The number of amides is 2. The van der Waals surface area contributed by atoms with Gasteiger partial charge in [0.15, 0.2) is 5.11 Å². The largest absolute Gasteiger partial charge is 0.491 e. The van der Waals surface area contributed by atoms with Crippen LogP contribution >= 0.6 is 23.8 Å². The minimum Gasteiger partial charge on any atom is -0.491 e. The van der Waals surface area contributed by atoms with Gasteiger partial charge in [0, 0.05) is 0 Å². The molecule has 2 aromatic rings. The number of carbonyl (C=O) groups is 2. The highest BCUT2D eigenvalue weighted by Gasteiger charge is 2.35. The first kappa shape index (κ1) is 20.0. The van der Waals surface area contributed by atoms with Crippen LogP contribution in [0.2, 0.25) is 5.02 Å². The molecule has 1 heterocycles. The third-order valence-electron chi connectivity index (χ3n) is 4.30. The predicted molar refractivity (Wildman–Crippen MR) is 114 cm³/mol. The van der Waals surface area contributed by atoms with Crippen molar-refractivity contribution in [3.8, 4) is 5.75 Å². The quantitative estimate of drug-likeness (QED) is 0.449. The molecular weight excluding hydrogens is 396 g/mol. The highest BCUT2D eigenvalue weighted by atomic mass is 35.5. The first-order chi connectivity index (χ1) is 13.4. The molecule has 1 atom stereocenters. The fraction of sp³-hybridized carbons (Fsp3) is 0.190. The van der Waals surface area contributed by atoms with E-state index in [-0.39, 0.29) is 16.8 Å². The number of ether oxygens (including phenoxy) is 1. The lowest BCUT2D eigenvalue weighted by atomic mass is 10.1. The highest BCUT2D eigenvalue weighted by molar-refractivity contribution is 7.80. The van der Waals surface area contributed by atoms with E-state index < -0.39 is 11.8 Å². The van der Waals surface area contributed by atoms with Gasteiger partial charge in [0.05, 0.1) is 16.8 Å². The van der Waals surface area contributed by atoms with E-state index in [4.69, 9.17) is 28.6 Å². The summed E-state index contributed by atoms with van der Waals surface area (Å²) in [5.74, 6) is -0.338. The SMILES string of the molecule is CC[C@@H](C)Oc1ccc(/C=C2\C(=O)NC(=S)N(c3ccccc3Cl)C2=O)cc1. The summed E-state index contributed by atoms with van der Waals surface area (Å²) in [5, 5.41) is 2.91. The molecule has 0 radical (unpaired) electrons. The number of benzene rings is 2. The lowest BCUT2D eigenvalue weighted by molar-refractivity contribution is -0.122. The molecule has 0 aliphatic carbocycles. The Morgan fingerprint density at radius 3 is 2.50 bits per heavy atom. The zero-order chi connectivity index (χ0) is 20.3. The summed E-state index contributed by atoms with van der Waals surface area (Å²) in [6.07, 6.45) is 2.54. The molecule has 2 amide bonds. The van der Waals surface area contributed by atoms with E-state index in [1.54, 1.807) is 48.5 Å². The van der Waals surface area contributed by atoms with Gasteiger partial charge in [-0.2, -0.15) is 0 Å². The van der Waals surface area contributed by atoms with Gasteiger partial charge >= 0.3 is 0 Å². The Balaban J connectivity index is 1.90. The van der Waals surface area contributed by atoms with Crippen molar-refractivity contribution in [1.82, 2.24) is 5.32 Å². The maximum Gasteiger partial charge on any atom is 0.270 e. The summed E-state index contributed by atoms with van der Waals surface area (Å²) in [5.41, 5.74) is 1.09. The topological polar surface area (TPSA) is 58.6 Å². The van der Waals surface area contributed by atoms with Crippen LogP contribution in [0.3, 0.4) is 0 Å². The number of hydrogen-bond donors (Lipinski definition) is 1. The maximum atomic E-state index is 13.0. The predicted octanol–water partition coefficient (Wildman–Crippen LogP) is 4.35. The molecule has 5 nitrogen and oxygen atoms in total. The Morgan fingerprint density at radius 1 is 1.18 bits per heavy atom. The maximum absolute atomic E-state index is 13.0. The second-order valence-electron chi connectivity index (χ2n) is 6.32. The van der Waals surface area contributed by atoms with Crippen LogP contribution in [0.1, 0.15) is 25.8 Å². The molecular formula is C21H19ClN2O3S. The summed E-state index contributed by atoms with van der Waals surface area (Å²) in [4.78, 5) is 26.6. The molecule has 7 heteroatoms. The van der Waals surface area contributed by atoms with Crippen molar-refractivity contribution in [2.45, 2.75) is 26.4 Å². The molecule has 2 aromatic carbocycles. The average Bonchev–Trinajstić information content (AvgIpc) is 2.67. The van der Waals surface area contributed by atoms with Gasteiger partial charge in [-0.15, -0.1) is 0 Å². The molecule has 28 heavy (non-hydrogen) atoms. The highest BCUT2D eigenvalue weighted by Crippen LogP contribution is 2.29. The first-order valence-electron chi connectivity index (χ1n) is 8.83. The van der Waals surface area contributed by atoms with Crippen molar-refractivity contribution in [1.29, 1.82) is 0 Å². The molecule has 0 bridgehead atoms. The lowest BCUT2D eigenvalue weighted by Gasteiger charge is -2.29. The van der Waals surface area contributed by atoms with E-state index in [1.807, 2.05) is 13.8 Å². The molecule has 1 saturated heterocycles. The van der Waals surface area contributed by atoms with E-state index in [0.29, 0.717) is 16.3 Å². The number of thiocarbonyl (C=S) groups is 1. The molecule has 1 fully saturated rings. The van der Waals surface area contributed by atoms with Crippen LogP contribution in [0.5, 0.6) is 5.75 Å². The number of carbonyl (C=O) groups excluding carboxylic acids is 2. The fourth-order valence-corrected chi connectivity index (χ4v) is 3.13. The van der Waals surface area contributed by atoms with Gasteiger partial charge in [-0.3, -0.25) is 19.8 Å². The smallest absolute Gasteiger partial charge is 0.270 e. The Morgan fingerprint density at radius 2 is 1.86 bits per heavy atom. The fourth-order valence-electron chi connectivity index (χ4n) is 2.63. The monoisotopic (exact) mass is 414 g/mol. The minimum atomic E-state index is -0.543. The molecule has 0 aromatic heterocycles. The molecule has 0 spiro atoms. The third kappa shape index (κ3) is 4.24. The van der Waals surface area contributed by atoms with Crippen molar-refractivity contribution in [2.75, 3.05) is 4.90 Å². The van der Waals surface area contributed by atoms with E-state index in [2.05, 4.69) is 5.32 Å². The minimum absolute atomic E-state index is 0.00227. The van der Waals surface area contributed by atoms with Gasteiger partial charge in [0.1, 0.15) is 11.3 Å². The van der Waals surface area contributed by atoms with Crippen LogP contribution in [0.15, 0.2) is 54.1 Å². The lowest BCUT2D eigenvalue weighted by Crippen LogP contribution is -2.54. The number of rotatable bonds is 5. The third-order valence-corrected chi connectivity index (χ3v) is 4.90. The Kier molecular flexibility index (Phi) is 6.11. The van der Waals surface area contributed by atoms with Crippen LogP contribution in [0.25, 0.3) is 6.08 Å². The number of nitrogens with zero attached hydrogens (tertiary/aromatic N) is 1. The summed E-state index contributed by atoms with van der Waals surface area (Å²) < 4.78 is 5.75. The van der Waals surface area contributed by atoms with Crippen LogP contribution in [0, 0.1) is 0 Å². The number of para-hydroxylation sites is 1. The van der Waals surface area contributed by atoms with Crippen molar-refractivity contribution in [2.24, 2.45) is 0 Å². The molecule has 0 saturated carbocycles. The Hall–Kier alpha value is -2.70. The zero-order valence-corrected chi connectivity index (χ0v) is 17.0. The number of nitrogens with one attached hydrogen (secondary N) is 1. The second-order valence-corrected chi connectivity index (χ2v) is 7.11. The van der Waals surface area contributed by atoms with Crippen LogP contribution in [-0.4, -0.2) is 23.0 Å². The van der Waals surface area contributed by atoms with Crippen LogP contribution < -0.4 is 15.0 Å². The van der Waals surface area contributed by atoms with Crippen molar-refractivity contribution < 1.29 is 14.3 Å². The number of anilines is 1. The first-order valence-corrected chi connectivity index (χ1v) is 9.62. The molecule has 1 N–H and O–H groups in total. The number of halogens is 1. The van der Waals surface area contributed by atoms with Crippen LogP contribution in [0.4, 0.5) is 5.69 Å². The normalized spacial score (nSPS) is 16.9. The summed E-state index contributed by atoms with van der Waals surface area (Å²) in [7, 11) is 0. The summed E-state index contributed by atoms with van der Waals surface area (Å²) in [6.45, 7) is 4.04. The van der Waals surface area contributed by atoms with Crippen LogP contribution in [-0.2, 0) is 9.59 Å². The molecule has 1 aliphatic rings. The van der Waals surface area contributed by atoms with E-state index in [0.717, 1.165) is 12.2 Å². The van der Waals surface area contributed by atoms with E-state index in [1.165, 1.54) is 11.0 Å². The van der Waals surface area contributed by atoms with E-state index >= 15 is 0 Å². The van der Waals surface area contributed by atoms with Crippen molar-refractivity contribution in [3.05, 3.63) is 64.7 Å². The van der Waals surface area contributed by atoms with Crippen molar-refractivity contribution in [3.63, 3.8) is 0 Å². The van der Waals surface area contributed by atoms with E-state index in [9.17, 15) is 9.59 Å². The van der Waals surface area contributed by atoms with Gasteiger partial charge < -0.3 is 4.74 Å². The standard InChI is InChI=1S/C21H19ClN2O3S/c1-3-13(2)27-15-10-8-14(9-11-15)12-16-19(25)23-21(28)24(20(16)26)18-7-5-4-6-17(18)22/h4-13H,3H2,1-2H3,(H,23,25,28)/b16-12+/t13-/m1/s1. The average molecular weight is 415 g/mol. The molecule has 144 valence electrons. The Bertz CT molecular complexity index is 956. The Labute approximate surface area is 173 Å². The second kappa shape index (κ2) is 8.54. The zero-order valence-electron chi connectivity index (χ0n) is 15.4. The van der Waals surface area contributed by atoms with Gasteiger partial charge in [-0.25, -0.2) is 0 Å². The van der Waals surface area contributed by atoms with Gasteiger partial charge in [0.25, 0.3) is 11.8 Å². The summed E-state index contributed by atoms with van der Waals surface area (Å²) in [6, 6.07) is 14.0. The van der Waals surface area contributed by atoms with Gasteiger partial charge in [-0.1, -0.05) is 42.8 Å². The van der Waals surface area contributed by atoms with Gasteiger partial charge in [-0.05, 0) is 61.5 Å².